The Morgan fingerprint density at radius 1 is 1.18 bits per heavy atom. The molecule has 10 nitrogen and oxygen atoms in total. The Hall–Kier alpha value is -2.86. The molecule has 0 spiro atoms. The van der Waals surface area contributed by atoms with Gasteiger partial charge in [0.1, 0.15) is 27.8 Å². The number of rotatable bonds is 8. The van der Waals surface area contributed by atoms with Crippen molar-refractivity contribution in [1.29, 1.82) is 0 Å². The number of aromatic hydroxyl groups is 1. The van der Waals surface area contributed by atoms with Crippen LogP contribution in [0.2, 0.25) is 5.02 Å². The van der Waals surface area contributed by atoms with Crippen molar-refractivity contribution in [2.24, 2.45) is 0 Å². The number of hydroxylamine groups is 1. The second kappa shape index (κ2) is 8.82. The normalized spacial score (nSPS) is 15.7. The van der Waals surface area contributed by atoms with Gasteiger partial charge in [0.25, 0.3) is 20.9 Å². The molecule has 0 amide bonds. The van der Waals surface area contributed by atoms with E-state index in [1.165, 1.54) is 12.1 Å². The van der Waals surface area contributed by atoms with E-state index in [0.29, 0.717) is 24.4 Å². The van der Waals surface area contributed by atoms with Gasteiger partial charge in [0.15, 0.2) is 5.75 Å². The van der Waals surface area contributed by atoms with Crippen LogP contribution in [0.15, 0.2) is 43.2 Å². The molecule has 0 radical (unpaired) electrons. The molecular weight excluding hydrogens is 474 g/mol. The van der Waals surface area contributed by atoms with Crippen molar-refractivity contribution >= 4 is 38.7 Å². The Bertz CT molecular complexity index is 1370. The summed E-state index contributed by atoms with van der Waals surface area (Å²) in [6.07, 6.45) is 1.07. The fraction of sp³-hybridized carbons (Fsp3) is 0.333. The summed E-state index contributed by atoms with van der Waals surface area (Å²) in [5.41, 5.74) is -1.72. The number of nitrogens with zero attached hydrogens (tertiary/aromatic N) is 1. The Labute approximate surface area is 194 Å². The topological polar surface area (TPSA) is 138 Å². The molecular formula is C21H22ClN3O7S. The Morgan fingerprint density at radius 3 is 2.52 bits per heavy atom. The molecule has 3 aromatic rings. The number of phenols is 1. The number of hydrogen-bond donors (Lipinski definition) is 3. The van der Waals surface area contributed by atoms with Gasteiger partial charge in [0.05, 0.1) is 23.4 Å². The molecule has 2 aromatic carbocycles. The first-order chi connectivity index (χ1) is 15.6. The van der Waals surface area contributed by atoms with Crippen molar-refractivity contribution in [3.05, 3.63) is 61.3 Å². The van der Waals surface area contributed by atoms with E-state index < -0.39 is 31.5 Å². The second-order valence-corrected chi connectivity index (χ2v) is 9.75. The van der Waals surface area contributed by atoms with Crippen LogP contribution >= 0.6 is 11.6 Å². The van der Waals surface area contributed by atoms with Crippen LogP contribution in [0.5, 0.6) is 5.75 Å². The van der Waals surface area contributed by atoms with Gasteiger partial charge in [-0.05, 0) is 44.0 Å². The first-order valence-corrected chi connectivity index (χ1v) is 12.1. The molecule has 1 aromatic heterocycles. The number of furan rings is 1. The SMILES string of the molecule is CC[C@@H](Nc1c(Nc2ccc(Cl)c(S(=O)(=O)N3CCCO3)c2O)c(=O)c1=O)c1ccc(C)o1. The third-order valence-corrected chi connectivity index (χ3v) is 7.51. The highest BCUT2D eigenvalue weighted by atomic mass is 35.5. The van der Waals surface area contributed by atoms with Crippen molar-refractivity contribution in [2.45, 2.75) is 37.6 Å². The third-order valence-electron chi connectivity index (χ3n) is 5.33. The maximum Gasteiger partial charge on any atom is 0.270 e. The monoisotopic (exact) mass is 495 g/mol. The van der Waals surface area contributed by atoms with Crippen LogP contribution in [0, 0.1) is 6.92 Å². The number of halogens is 1. The highest BCUT2D eigenvalue weighted by molar-refractivity contribution is 7.89. The van der Waals surface area contributed by atoms with Crippen LogP contribution in [0.3, 0.4) is 0 Å². The van der Waals surface area contributed by atoms with Gasteiger partial charge in [0.2, 0.25) is 0 Å². The summed E-state index contributed by atoms with van der Waals surface area (Å²) >= 11 is 6.08. The number of anilines is 3. The Kier molecular flexibility index (Phi) is 6.23. The highest BCUT2D eigenvalue weighted by Gasteiger charge is 2.35. The minimum Gasteiger partial charge on any atom is -0.504 e. The Morgan fingerprint density at radius 2 is 1.91 bits per heavy atom. The van der Waals surface area contributed by atoms with Crippen LogP contribution < -0.4 is 21.5 Å². The fourth-order valence-electron chi connectivity index (χ4n) is 3.58. The van der Waals surface area contributed by atoms with Gasteiger partial charge >= 0.3 is 0 Å². The van der Waals surface area contributed by atoms with E-state index in [0.717, 1.165) is 4.47 Å². The Balaban J connectivity index is 1.66. The van der Waals surface area contributed by atoms with Gasteiger partial charge in [-0.15, -0.1) is 0 Å². The molecule has 0 saturated carbocycles. The smallest absolute Gasteiger partial charge is 0.270 e. The zero-order valence-electron chi connectivity index (χ0n) is 17.8. The summed E-state index contributed by atoms with van der Waals surface area (Å²) in [4.78, 5) is 29.1. The lowest BCUT2D eigenvalue weighted by molar-refractivity contribution is -0.0285. The van der Waals surface area contributed by atoms with E-state index in [4.69, 9.17) is 20.9 Å². The van der Waals surface area contributed by atoms with Crippen molar-refractivity contribution in [3.8, 4) is 5.75 Å². The van der Waals surface area contributed by atoms with Crippen LogP contribution in [-0.2, 0) is 14.9 Å². The number of hydrogen-bond acceptors (Lipinski definition) is 9. The molecule has 0 bridgehead atoms. The molecule has 2 heterocycles. The van der Waals surface area contributed by atoms with Gasteiger partial charge in [-0.3, -0.25) is 14.4 Å². The molecule has 1 aliphatic rings. The zero-order valence-corrected chi connectivity index (χ0v) is 19.4. The standard InChI is InChI=1S/C21H22ClN3O7S/c1-3-13(15-8-5-11(2)32-15)23-16-17(20(28)19(16)27)24-14-7-6-12(22)21(18(14)26)33(29,30)25-9-4-10-31-25/h5-8,13,23-24,26H,3-4,9-10H2,1-2H3/t13-/m1/s1. The average molecular weight is 496 g/mol. The molecule has 12 heteroatoms. The molecule has 1 fully saturated rings. The quantitative estimate of drug-likeness (QED) is 0.317. The van der Waals surface area contributed by atoms with Crippen molar-refractivity contribution < 1.29 is 22.8 Å². The van der Waals surface area contributed by atoms with E-state index in [-0.39, 0.29) is 41.3 Å². The molecule has 1 saturated heterocycles. The predicted molar refractivity (Wildman–Crippen MR) is 122 cm³/mol. The summed E-state index contributed by atoms with van der Waals surface area (Å²) in [5.74, 6) is 0.614. The summed E-state index contributed by atoms with van der Waals surface area (Å²) in [6, 6.07) is 5.78. The van der Waals surface area contributed by atoms with E-state index in [1.807, 2.05) is 6.92 Å². The van der Waals surface area contributed by atoms with Crippen molar-refractivity contribution in [2.75, 3.05) is 23.8 Å². The predicted octanol–water partition coefficient (Wildman–Crippen LogP) is 3.18. The van der Waals surface area contributed by atoms with Gasteiger partial charge in [0, 0.05) is 6.54 Å². The largest absolute Gasteiger partial charge is 0.504 e. The van der Waals surface area contributed by atoms with Crippen molar-refractivity contribution in [3.63, 3.8) is 0 Å². The van der Waals surface area contributed by atoms with Gasteiger partial charge in [-0.1, -0.05) is 23.0 Å². The lowest BCUT2D eigenvalue weighted by Crippen LogP contribution is -2.37. The number of aryl methyl sites for hydroxylation is 1. The van der Waals surface area contributed by atoms with Crippen LogP contribution in [0.1, 0.15) is 37.3 Å². The average Bonchev–Trinajstić information content (AvgIpc) is 3.47. The summed E-state index contributed by atoms with van der Waals surface area (Å²) < 4.78 is 32.2. The van der Waals surface area contributed by atoms with Crippen molar-refractivity contribution in [1.82, 2.24) is 4.47 Å². The molecule has 4 rings (SSSR count). The minimum absolute atomic E-state index is 0.0162. The van der Waals surface area contributed by atoms with Crippen LogP contribution in [-0.4, -0.2) is 31.1 Å². The molecule has 33 heavy (non-hydrogen) atoms. The number of benzene rings is 1. The first kappa shape index (κ1) is 23.3. The fourth-order valence-corrected chi connectivity index (χ4v) is 5.48. The maximum atomic E-state index is 12.9. The third kappa shape index (κ3) is 4.12. The molecule has 0 unspecified atom stereocenters. The maximum absolute atomic E-state index is 12.9. The molecule has 3 N–H and O–H groups in total. The first-order valence-electron chi connectivity index (χ1n) is 10.3. The van der Waals surface area contributed by atoms with Crippen LogP contribution in [0.25, 0.3) is 0 Å². The highest BCUT2D eigenvalue weighted by Crippen LogP contribution is 2.40. The lowest BCUT2D eigenvalue weighted by atomic mass is 10.1. The molecule has 176 valence electrons. The van der Waals surface area contributed by atoms with E-state index in [9.17, 15) is 23.1 Å². The summed E-state index contributed by atoms with van der Waals surface area (Å²) in [5, 5.41) is 16.2. The second-order valence-electron chi connectivity index (χ2n) is 7.58. The van der Waals surface area contributed by atoms with Crippen LogP contribution in [0.4, 0.5) is 17.1 Å². The number of phenolic OH excluding ortho intramolecular Hbond substituents is 1. The number of nitrogens with one attached hydrogen (secondary N) is 2. The zero-order chi connectivity index (χ0) is 23.9. The summed E-state index contributed by atoms with van der Waals surface area (Å²) in [6.45, 7) is 4.02. The van der Waals surface area contributed by atoms with E-state index >= 15 is 0 Å². The molecule has 1 aliphatic heterocycles. The molecule has 0 aliphatic carbocycles. The minimum atomic E-state index is -4.25. The van der Waals surface area contributed by atoms with E-state index in [2.05, 4.69) is 10.6 Å². The molecule has 1 atom stereocenters. The van der Waals surface area contributed by atoms with Gasteiger partial charge in [-0.2, -0.15) is 0 Å². The lowest BCUT2D eigenvalue weighted by Gasteiger charge is -2.21. The summed E-state index contributed by atoms with van der Waals surface area (Å²) in [7, 11) is -4.25. The van der Waals surface area contributed by atoms with Gasteiger partial charge < -0.3 is 20.2 Å². The van der Waals surface area contributed by atoms with E-state index in [1.54, 1.807) is 19.1 Å². The van der Waals surface area contributed by atoms with Gasteiger partial charge in [-0.25, -0.2) is 8.42 Å². The number of sulfonamides is 1.